The van der Waals surface area contributed by atoms with Gasteiger partial charge in [0, 0.05) is 19.4 Å². The lowest BCUT2D eigenvalue weighted by atomic mass is 9.92. The lowest BCUT2D eigenvalue weighted by Gasteiger charge is -2.25. The van der Waals surface area contributed by atoms with Crippen LogP contribution in [-0.4, -0.2) is 49.7 Å². The predicted octanol–water partition coefficient (Wildman–Crippen LogP) is 1.35. The lowest BCUT2D eigenvalue weighted by molar-refractivity contribution is -0.145. The average molecular weight is 342 g/mol. The van der Waals surface area contributed by atoms with E-state index in [1.807, 2.05) is 0 Å². The Morgan fingerprint density at radius 1 is 1.39 bits per heavy atom. The third-order valence-electron chi connectivity index (χ3n) is 4.56. The Morgan fingerprint density at radius 2 is 2.09 bits per heavy atom. The van der Waals surface area contributed by atoms with Gasteiger partial charge in [-0.2, -0.15) is 5.10 Å². The van der Waals surface area contributed by atoms with Crippen molar-refractivity contribution in [3.63, 3.8) is 0 Å². The van der Waals surface area contributed by atoms with E-state index >= 15 is 0 Å². The largest absolute Gasteiger partial charge is 0.467 e. The Balaban J connectivity index is 1.79. The average Bonchev–Trinajstić information content (AvgIpc) is 3.31. The minimum absolute atomic E-state index is 0.195. The molecule has 2 fully saturated rings. The number of hydrogen-bond donors (Lipinski definition) is 0. The van der Waals surface area contributed by atoms with Crippen molar-refractivity contribution in [3.05, 3.63) is 12.4 Å². The number of esters is 1. The Morgan fingerprint density at radius 3 is 2.70 bits per heavy atom. The van der Waals surface area contributed by atoms with Crippen LogP contribution < -0.4 is 0 Å². The number of sulfone groups is 1. The molecule has 0 N–H and O–H groups in total. The summed E-state index contributed by atoms with van der Waals surface area (Å²) in [6.45, 7) is 1.39. The van der Waals surface area contributed by atoms with Gasteiger partial charge in [0.05, 0.1) is 18.6 Å². The van der Waals surface area contributed by atoms with Gasteiger partial charge >= 0.3 is 5.97 Å². The van der Waals surface area contributed by atoms with Crippen molar-refractivity contribution >= 4 is 15.8 Å². The predicted molar refractivity (Wildman–Crippen MR) is 81.6 cm³/mol. The summed E-state index contributed by atoms with van der Waals surface area (Å²) in [5, 5.41) is 3.85. The topological polar surface area (TPSA) is 87.5 Å². The molecule has 1 saturated heterocycles. The first-order valence-electron chi connectivity index (χ1n) is 7.96. The molecule has 1 aliphatic carbocycles. The number of aromatic nitrogens is 2. The first kappa shape index (κ1) is 16.4. The maximum absolute atomic E-state index is 12.3. The molecule has 7 nitrogen and oxygen atoms in total. The van der Waals surface area contributed by atoms with Gasteiger partial charge in [-0.25, -0.2) is 13.2 Å². The SMILES string of the molecule is COC(=O)C(CC1CCOCC1)n1cc(S(=O)(=O)C2CC2)cn1. The van der Waals surface area contributed by atoms with Crippen molar-refractivity contribution in [2.45, 2.75) is 48.3 Å². The molecule has 0 aromatic carbocycles. The molecule has 0 amide bonds. The van der Waals surface area contributed by atoms with Gasteiger partial charge in [-0.3, -0.25) is 4.68 Å². The van der Waals surface area contributed by atoms with Crippen LogP contribution >= 0.6 is 0 Å². The first-order chi connectivity index (χ1) is 11.0. The van der Waals surface area contributed by atoms with Gasteiger partial charge in [-0.1, -0.05) is 0 Å². The summed E-state index contributed by atoms with van der Waals surface area (Å²) in [6.07, 6.45) is 6.58. The summed E-state index contributed by atoms with van der Waals surface area (Å²) in [7, 11) is -1.96. The molecular formula is C15H22N2O5S. The number of methoxy groups -OCH3 is 1. The third-order valence-corrected chi connectivity index (χ3v) is 6.78. The molecule has 8 heteroatoms. The zero-order valence-corrected chi connectivity index (χ0v) is 14.0. The van der Waals surface area contributed by atoms with Gasteiger partial charge in [0.15, 0.2) is 9.84 Å². The normalized spacial score (nSPS) is 21.1. The fourth-order valence-corrected chi connectivity index (χ4v) is 4.55. The number of rotatable bonds is 6. The van der Waals surface area contributed by atoms with E-state index < -0.39 is 21.8 Å². The molecule has 1 saturated carbocycles. The molecule has 1 aromatic heterocycles. The van der Waals surface area contributed by atoms with Crippen LogP contribution in [0.15, 0.2) is 17.3 Å². The molecule has 2 aliphatic rings. The summed E-state index contributed by atoms with van der Waals surface area (Å²) in [5.41, 5.74) is 0. The monoisotopic (exact) mass is 342 g/mol. The highest BCUT2D eigenvalue weighted by molar-refractivity contribution is 7.92. The Kier molecular flexibility index (Phi) is 4.72. The smallest absolute Gasteiger partial charge is 0.330 e. The van der Waals surface area contributed by atoms with E-state index in [1.54, 1.807) is 0 Å². The van der Waals surface area contributed by atoms with Crippen LogP contribution in [0.2, 0.25) is 0 Å². The third kappa shape index (κ3) is 3.58. The van der Waals surface area contributed by atoms with Gasteiger partial charge in [-0.15, -0.1) is 0 Å². The molecule has 1 aliphatic heterocycles. The number of carbonyl (C=O) groups is 1. The molecule has 1 aromatic rings. The van der Waals surface area contributed by atoms with Crippen LogP contribution in [0, 0.1) is 5.92 Å². The molecule has 0 radical (unpaired) electrons. The van der Waals surface area contributed by atoms with Crippen LogP contribution in [0.4, 0.5) is 0 Å². The molecule has 0 bridgehead atoms. The Labute approximate surface area is 135 Å². The van der Waals surface area contributed by atoms with E-state index in [1.165, 1.54) is 24.2 Å². The van der Waals surface area contributed by atoms with E-state index in [0.717, 1.165) is 12.8 Å². The highest BCUT2D eigenvalue weighted by Gasteiger charge is 2.38. The fourth-order valence-electron chi connectivity index (χ4n) is 2.95. The van der Waals surface area contributed by atoms with E-state index in [9.17, 15) is 13.2 Å². The zero-order chi connectivity index (χ0) is 16.4. The van der Waals surface area contributed by atoms with Crippen LogP contribution in [0.1, 0.15) is 38.1 Å². The minimum Gasteiger partial charge on any atom is -0.467 e. The maximum atomic E-state index is 12.3. The van der Waals surface area contributed by atoms with Gasteiger partial charge < -0.3 is 9.47 Å². The van der Waals surface area contributed by atoms with Crippen molar-refractivity contribution in [1.29, 1.82) is 0 Å². The van der Waals surface area contributed by atoms with Crippen LogP contribution in [0.3, 0.4) is 0 Å². The van der Waals surface area contributed by atoms with Crippen molar-refractivity contribution in [3.8, 4) is 0 Å². The van der Waals surface area contributed by atoms with Crippen molar-refractivity contribution < 1.29 is 22.7 Å². The summed E-state index contributed by atoms with van der Waals surface area (Å²) >= 11 is 0. The second kappa shape index (κ2) is 6.60. The number of hydrogen-bond acceptors (Lipinski definition) is 6. The second-order valence-corrected chi connectivity index (χ2v) is 8.46. The number of ether oxygens (including phenoxy) is 2. The first-order valence-corrected chi connectivity index (χ1v) is 9.50. The number of carbonyl (C=O) groups excluding carboxylic acids is 1. The van der Waals surface area contributed by atoms with Gasteiger partial charge in [0.2, 0.25) is 0 Å². The summed E-state index contributed by atoms with van der Waals surface area (Å²) in [5.74, 6) is -0.0458. The molecular weight excluding hydrogens is 320 g/mol. The molecule has 0 spiro atoms. The summed E-state index contributed by atoms with van der Waals surface area (Å²) in [6, 6.07) is -0.591. The standard InChI is InChI=1S/C15H22N2O5S/c1-21-15(18)14(8-11-4-6-22-7-5-11)17-10-13(9-16-17)23(19,20)12-2-3-12/h9-12,14H,2-8H2,1H3. The molecule has 1 unspecified atom stereocenters. The molecule has 1 atom stereocenters. The van der Waals surface area contributed by atoms with Gasteiger partial charge in [0.1, 0.15) is 10.9 Å². The maximum Gasteiger partial charge on any atom is 0.330 e. The van der Waals surface area contributed by atoms with Crippen molar-refractivity contribution in [1.82, 2.24) is 9.78 Å². The van der Waals surface area contributed by atoms with E-state index in [0.29, 0.717) is 38.4 Å². The molecule has 128 valence electrons. The molecule has 3 rings (SSSR count). The highest BCUT2D eigenvalue weighted by Crippen LogP contribution is 2.34. The molecule has 2 heterocycles. The quantitative estimate of drug-likeness (QED) is 0.725. The fraction of sp³-hybridized carbons (Fsp3) is 0.733. The van der Waals surface area contributed by atoms with Crippen LogP contribution in [0.5, 0.6) is 0 Å². The molecule has 23 heavy (non-hydrogen) atoms. The van der Waals surface area contributed by atoms with Crippen molar-refractivity contribution in [2.24, 2.45) is 5.92 Å². The van der Waals surface area contributed by atoms with E-state index in [-0.39, 0.29) is 10.1 Å². The highest BCUT2D eigenvalue weighted by atomic mass is 32.2. The summed E-state index contributed by atoms with van der Waals surface area (Å²) < 4.78 is 36.2. The van der Waals surface area contributed by atoms with Crippen LogP contribution in [0.25, 0.3) is 0 Å². The van der Waals surface area contributed by atoms with E-state index in [4.69, 9.17) is 9.47 Å². The Bertz CT molecular complexity index is 659. The van der Waals surface area contributed by atoms with Crippen molar-refractivity contribution in [2.75, 3.05) is 20.3 Å². The zero-order valence-electron chi connectivity index (χ0n) is 13.2. The Hall–Kier alpha value is -1.41. The van der Waals surface area contributed by atoms with Gasteiger partial charge in [0.25, 0.3) is 0 Å². The van der Waals surface area contributed by atoms with E-state index in [2.05, 4.69) is 5.10 Å². The number of nitrogens with zero attached hydrogens (tertiary/aromatic N) is 2. The lowest BCUT2D eigenvalue weighted by Crippen LogP contribution is -2.26. The second-order valence-electron chi connectivity index (χ2n) is 6.23. The minimum atomic E-state index is -3.30. The van der Waals surface area contributed by atoms with Crippen LogP contribution in [-0.2, 0) is 24.1 Å². The van der Waals surface area contributed by atoms with Gasteiger partial charge in [-0.05, 0) is 38.0 Å². The summed E-state index contributed by atoms with van der Waals surface area (Å²) in [4.78, 5) is 12.3.